The molecule has 0 unspecified atom stereocenters. The quantitative estimate of drug-likeness (QED) is 0.605. The topological polar surface area (TPSA) is 115 Å². The van der Waals surface area contributed by atoms with Gasteiger partial charge >= 0.3 is 0 Å². The van der Waals surface area contributed by atoms with Crippen molar-refractivity contribution in [3.8, 4) is 0 Å². The van der Waals surface area contributed by atoms with E-state index in [1.807, 2.05) is 6.07 Å². The lowest BCUT2D eigenvalue weighted by atomic mass is 10.1. The number of carbonyl (C=O) groups excluding carboxylic acids is 1. The Kier molecular flexibility index (Phi) is 5.44. The molecule has 10 heteroatoms. The molecule has 1 amide bonds. The SMILES string of the molecule is Cc1noc2nc(C3CC3)cc(C(=O)NCc3ccc(S(=O)(=O)N4CCOCC4)cc3)c12. The number of rotatable bonds is 6. The summed E-state index contributed by atoms with van der Waals surface area (Å²) in [5.74, 6) is 0.132. The van der Waals surface area contributed by atoms with E-state index in [4.69, 9.17) is 9.26 Å². The number of nitrogens with one attached hydrogen (secondary N) is 1. The summed E-state index contributed by atoms with van der Waals surface area (Å²) in [4.78, 5) is 17.7. The molecule has 0 bridgehead atoms. The number of amides is 1. The van der Waals surface area contributed by atoms with Crippen LogP contribution in [0.5, 0.6) is 0 Å². The fourth-order valence-electron chi connectivity index (χ4n) is 3.87. The van der Waals surface area contributed by atoms with Gasteiger partial charge in [-0.15, -0.1) is 0 Å². The predicted molar refractivity (Wildman–Crippen MR) is 116 cm³/mol. The number of morpholine rings is 1. The molecule has 2 aliphatic rings. The number of aryl methyl sites for hydroxylation is 1. The number of fused-ring (bicyclic) bond motifs is 1. The van der Waals surface area contributed by atoms with Crippen LogP contribution >= 0.6 is 0 Å². The molecule has 1 N–H and O–H groups in total. The average molecular weight is 457 g/mol. The van der Waals surface area contributed by atoms with Gasteiger partial charge in [0.15, 0.2) is 0 Å². The second kappa shape index (κ2) is 8.27. The van der Waals surface area contributed by atoms with Gasteiger partial charge in [0.25, 0.3) is 11.6 Å². The van der Waals surface area contributed by atoms with Crippen molar-refractivity contribution >= 4 is 27.0 Å². The molecule has 0 radical (unpaired) electrons. The molecule has 3 aromatic rings. The molecule has 1 aliphatic heterocycles. The Bertz CT molecular complexity index is 1260. The van der Waals surface area contributed by atoms with Gasteiger partial charge in [0, 0.05) is 31.2 Å². The van der Waals surface area contributed by atoms with Crippen molar-refractivity contribution < 1.29 is 22.5 Å². The van der Waals surface area contributed by atoms with Crippen molar-refractivity contribution in [3.63, 3.8) is 0 Å². The summed E-state index contributed by atoms with van der Waals surface area (Å²) in [6.07, 6.45) is 2.12. The molecular formula is C22H24N4O5S. The third kappa shape index (κ3) is 4.01. The van der Waals surface area contributed by atoms with E-state index < -0.39 is 10.0 Å². The maximum Gasteiger partial charge on any atom is 0.259 e. The molecular weight excluding hydrogens is 432 g/mol. The first-order valence-electron chi connectivity index (χ1n) is 10.7. The summed E-state index contributed by atoms with van der Waals surface area (Å²) in [7, 11) is -3.54. The van der Waals surface area contributed by atoms with Crippen LogP contribution in [0, 0.1) is 6.92 Å². The minimum atomic E-state index is -3.54. The van der Waals surface area contributed by atoms with E-state index in [0.717, 1.165) is 24.1 Å². The molecule has 3 heterocycles. The third-order valence-corrected chi connectivity index (χ3v) is 7.77. The molecule has 2 fully saturated rings. The largest absolute Gasteiger partial charge is 0.379 e. The van der Waals surface area contributed by atoms with E-state index in [1.54, 1.807) is 31.2 Å². The Morgan fingerprint density at radius 1 is 1.19 bits per heavy atom. The van der Waals surface area contributed by atoms with Gasteiger partial charge < -0.3 is 14.6 Å². The van der Waals surface area contributed by atoms with Gasteiger partial charge in [-0.3, -0.25) is 4.79 Å². The highest BCUT2D eigenvalue weighted by molar-refractivity contribution is 7.89. The summed E-state index contributed by atoms with van der Waals surface area (Å²) in [6.45, 7) is 3.56. The summed E-state index contributed by atoms with van der Waals surface area (Å²) in [5.41, 5.74) is 3.17. The van der Waals surface area contributed by atoms with Gasteiger partial charge in [0.05, 0.1) is 34.8 Å². The number of ether oxygens (including phenoxy) is 1. The van der Waals surface area contributed by atoms with Crippen molar-refractivity contribution in [3.05, 3.63) is 52.8 Å². The summed E-state index contributed by atoms with van der Waals surface area (Å²) in [6, 6.07) is 8.42. The van der Waals surface area contributed by atoms with E-state index in [-0.39, 0.29) is 17.3 Å². The number of nitrogens with zero attached hydrogens (tertiary/aromatic N) is 3. The Morgan fingerprint density at radius 3 is 2.59 bits per heavy atom. The minimum Gasteiger partial charge on any atom is -0.379 e. The maximum absolute atomic E-state index is 13.0. The summed E-state index contributed by atoms with van der Waals surface area (Å²) >= 11 is 0. The third-order valence-electron chi connectivity index (χ3n) is 5.86. The zero-order valence-electron chi connectivity index (χ0n) is 17.7. The van der Waals surface area contributed by atoms with E-state index in [9.17, 15) is 13.2 Å². The first-order chi connectivity index (χ1) is 15.4. The first-order valence-corrected chi connectivity index (χ1v) is 12.1. The molecule has 1 saturated carbocycles. The van der Waals surface area contributed by atoms with Gasteiger partial charge in [0.1, 0.15) is 0 Å². The first kappa shape index (κ1) is 21.0. The number of hydrogen-bond donors (Lipinski definition) is 1. The van der Waals surface area contributed by atoms with E-state index in [0.29, 0.717) is 54.6 Å². The molecule has 2 aromatic heterocycles. The Labute approximate surface area is 185 Å². The fourth-order valence-corrected chi connectivity index (χ4v) is 5.28. The van der Waals surface area contributed by atoms with Crippen LogP contribution in [0.1, 0.15) is 46.1 Å². The van der Waals surface area contributed by atoms with Crippen molar-refractivity contribution in [2.45, 2.75) is 37.1 Å². The second-order valence-electron chi connectivity index (χ2n) is 8.16. The molecule has 9 nitrogen and oxygen atoms in total. The van der Waals surface area contributed by atoms with Crippen LogP contribution in [0.4, 0.5) is 0 Å². The molecule has 5 rings (SSSR count). The van der Waals surface area contributed by atoms with E-state index in [2.05, 4.69) is 15.5 Å². The molecule has 1 saturated heterocycles. The van der Waals surface area contributed by atoms with Gasteiger partial charge in [-0.2, -0.15) is 4.31 Å². The minimum absolute atomic E-state index is 0.236. The smallest absolute Gasteiger partial charge is 0.259 e. The second-order valence-corrected chi connectivity index (χ2v) is 10.1. The van der Waals surface area contributed by atoms with Gasteiger partial charge in [-0.25, -0.2) is 13.4 Å². The summed E-state index contributed by atoms with van der Waals surface area (Å²) in [5, 5.41) is 7.51. The zero-order valence-corrected chi connectivity index (χ0v) is 18.5. The number of carbonyl (C=O) groups is 1. The maximum atomic E-state index is 13.0. The Hall–Kier alpha value is -2.82. The molecule has 0 spiro atoms. The van der Waals surface area contributed by atoms with Crippen LogP contribution in [-0.4, -0.2) is 55.1 Å². The van der Waals surface area contributed by atoms with E-state index in [1.165, 1.54) is 4.31 Å². The highest BCUT2D eigenvalue weighted by Crippen LogP contribution is 2.40. The number of pyridine rings is 1. The summed E-state index contributed by atoms with van der Waals surface area (Å²) < 4.78 is 37.5. The lowest BCUT2D eigenvalue weighted by Crippen LogP contribution is -2.40. The number of aromatic nitrogens is 2. The van der Waals surface area contributed by atoms with Gasteiger partial charge in [0.2, 0.25) is 10.0 Å². The molecule has 0 atom stereocenters. The number of hydrogen-bond acceptors (Lipinski definition) is 7. The van der Waals surface area contributed by atoms with Crippen molar-refractivity contribution in [2.24, 2.45) is 0 Å². The molecule has 168 valence electrons. The van der Waals surface area contributed by atoms with Crippen LogP contribution in [-0.2, 0) is 21.3 Å². The Morgan fingerprint density at radius 2 is 1.91 bits per heavy atom. The molecule has 1 aromatic carbocycles. The highest BCUT2D eigenvalue weighted by Gasteiger charge is 2.29. The van der Waals surface area contributed by atoms with Crippen molar-refractivity contribution in [2.75, 3.05) is 26.3 Å². The monoisotopic (exact) mass is 456 g/mol. The average Bonchev–Trinajstić information content (AvgIpc) is 3.61. The Balaban J connectivity index is 1.31. The van der Waals surface area contributed by atoms with Crippen molar-refractivity contribution in [1.82, 2.24) is 19.8 Å². The van der Waals surface area contributed by atoms with Gasteiger partial charge in [-0.1, -0.05) is 17.3 Å². The van der Waals surface area contributed by atoms with Crippen LogP contribution < -0.4 is 5.32 Å². The zero-order chi connectivity index (χ0) is 22.3. The van der Waals surface area contributed by atoms with Crippen LogP contribution in [0.15, 0.2) is 39.8 Å². The fraction of sp³-hybridized carbons (Fsp3) is 0.409. The number of benzene rings is 1. The predicted octanol–water partition coefficient (Wildman–Crippen LogP) is 2.36. The molecule has 1 aliphatic carbocycles. The van der Waals surface area contributed by atoms with Gasteiger partial charge in [-0.05, 0) is 43.5 Å². The van der Waals surface area contributed by atoms with E-state index >= 15 is 0 Å². The normalized spacial score (nSPS) is 17.5. The highest BCUT2D eigenvalue weighted by atomic mass is 32.2. The van der Waals surface area contributed by atoms with Crippen LogP contribution in [0.3, 0.4) is 0 Å². The van der Waals surface area contributed by atoms with Crippen LogP contribution in [0.2, 0.25) is 0 Å². The van der Waals surface area contributed by atoms with Crippen LogP contribution in [0.25, 0.3) is 11.1 Å². The van der Waals surface area contributed by atoms with Crippen molar-refractivity contribution in [1.29, 1.82) is 0 Å². The number of sulfonamides is 1. The lowest BCUT2D eigenvalue weighted by molar-refractivity contribution is 0.0730. The lowest BCUT2D eigenvalue weighted by Gasteiger charge is -2.26. The standard InChI is InChI=1S/C22H24N4O5S/c1-14-20-18(12-19(16-4-5-16)24-22(20)31-25-14)21(27)23-13-15-2-6-17(7-3-15)32(28,29)26-8-10-30-11-9-26/h2-3,6-7,12,16H,4-5,8-11,13H2,1H3,(H,23,27). The molecule has 32 heavy (non-hydrogen) atoms.